The maximum atomic E-state index is 12.5. The zero-order valence-electron chi connectivity index (χ0n) is 15.6. The van der Waals surface area contributed by atoms with Crippen LogP contribution in [0.5, 0.6) is 5.75 Å². The van der Waals surface area contributed by atoms with E-state index in [0.29, 0.717) is 20.2 Å². The number of halogens is 2. The summed E-state index contributed by atoms with van der Waals surface area (Å²) in [5.41, 5.74) is 3.44. The second kappa shape index (κ2) is 10.4. The number of hydrogen-bond donors (Lipinski definition) is 4. The van der Waals surface area contributed by atoms with E-state index >= 15 is 0 Å². The highest BCUT2D eigenvalue weighted by Gasteiger charge is 2.26. The predicted molar refractivity (Wildman–Crippen MR) is 116 cm³/mol. The molecule has 154 valence electrons. The summed E-state index contributed by atoms with van der Waals surface area (Å²) in [5, 5.41) is 21.8. The number of rotatable bonds is 6. The lowest BCUT2D eigenvalue weighted by atomic mass is 9.96. The normalized spacial score (nSPS) is 13.0. The number of phenolic OH excluding ortho intramolecular Hbond substituents is 1. The maximum absolute atomic E-state index is 12.5. The highest BCUT2D eigenvalue weighted by Crippen LogP contribution is 2.40. The van der Waals surface area contributed by atoms with Gasteiger partial charge in [-0.3, -0.25) is 15.3 Å². The van der Waals surface area contributed by atoms with E-state index in [9.17, 15) is 14.7 Å². The quantitative estimate of drug-likeness (QED) is 0.234. The lowest BCUT2D eigenvalue weighted by Crippen LogP contribution is -2.22. The van der Waals surface area contributed by atoms with Gasteiger partial charge in [-0.25, -0.2) is 10.3 Å². The molecule has 0 heterocycles. The van der Waals surface area contributed by atoms with Crippen molar-refractivity contribution in [1.82, 2.24) is 5.48 Å². The molecule has 0 aromatic heterocycles. The highest BCUT2D eigenvalue weighted by molar-refractivity contribution is 9.11. The Morgan fingerprint density at radius 3 is 2.45 bits per heavy atom. The van der Waals surface area contributed by atoms with E-state index in [1.54, 1.807) is 31.2 Å². The van der Waals surface area contributed by atoms with Gasteiger partial charge in [0, 0.05) is 27.7 Å². The lowest BCUT2D eigenvalue weighted by molar-refractivity contribution is -0.124. The highest BCUT2D eigenvalue weighted by atomic mass is 79.9. The molecular formula is C20H20Br2N2O5. The molecule has 2 aromatic rings. The topological polar surface area (TPSA) is 108 Å². The van der Waals surface area contributed by atoms with E-state index in [0.717, 1.165) is 11.6 Å². The van der Waals surface area contributed by atoms with Crippen LogP contribution in [0.25, 0.3) is 0 Å². The first-order chi connectivity index (χ1) is 13.7. The number of hydrogen-bond acceptors (Lipinski definition) is 5. The minimum Gasteiger partial charge on any atom is -0.506 e. The van der Waals surface area contributed by atoms with Crippen molar-refractivity contribution in [2.24, 2.45) is 5.92 Å². The molecular weight excluding hydrogens is 508 g/mol. The molecule has 0 aliphatic carbocycles. The third kappa shape index (κ3) is 6.59. The molecule has 4 N–H and O–H groups in total. The van der Waals surface area contributed by atoms with E-state index in [2.05, 4.69) is 37.2 Å². The summed E-state index contributed by atoms with van der Waals surface area (Å²) in [6.45, 7) is 3.64. The number of anilines is 1. The summed E-state index contributed by atoms with van der Waals surface area (Å²) in [6.07, 6.45) is 0.935. The number of nitrogens with one attached hydrogen (secondary N) is 2. The van der Waals surface area contributed by atoms with Crippen molar-refractivity contribution < 1.29 is 24.6 Å². The van der Waals surface area contributed by atoms with Crippen molar-refractivity contribution in [2.45, 2.75) is 20.0 Å². The van der Waals surface area contributed by atoms with Crippen LogP contribution in [0.1, 0.15) is 24.2 Å². The molecule has 0 aliphatic rings. The fourth-order valence-electron chi connectivity index (χ4n) is 2.53. The van der Waals surface area contributed by atoms with Crippen LogP contribution in [-0.2, 0) is 9.53 Å². The SMILES string of the molecule is Cc1ccc(NC(=O)O[C@H](c2cc(Br)cc(Br)c2O)[C@H](C)/C=C/C(=O)NO)cc1. The summed E-state index contributed by atoms with van der Waals surface area (Å²) in [7, 11) is 0. The van der Waals surface area contributed by atoms with Gasteiger partial charge in [-0.2, -0.15) is 0 Å². The van der Waals surface area contributed by atoms with Crippen molar-refractivity contribution in [2.75, 3.05) is 5.32 Å². The maximum Gasteiger partial charge on any atom is 0.412 e. The van der Waals surface area contributed by atoms with E-state index in [4.69, 9.17) is 9.94 Å². The molecule has 0 unspecified atom stereocenters. The third-order valence-corrected chi connectivity index (χ3v) is 5.10. The van der Waals surface area contributed by atoms with Gasteiger partial charge in [0.25, 0.3) is 5.91 Å². The fourth-order valence-corrected chi connectivity index (χ4v) is 3.79. The van der Waals surface area contributed by atoms with Gasteiger partial charge >= 0.3 is 6.09 Å². The Morgan fingerprint density at radius 1 is 1.17 bits per heavy atom. The summed E-state index contributed by atoms with van der Waals surface area (Å²) >= 11 is 6.62. The second-order valence-corrected chi connectivity index (χ2v) is 8.11. The van der Waals surface area contributed by atoms with Crippen LogP contribution < -0.4 is 10.8 Å². The van der Waals surface area contributed by atoms with Crippen LogP contribution in [0.2, 0.25) is 0 Å². The standard InChI is InChI=1S/C20H20Br2N2O5/c1-11-3-6-14(7-4-11)23-20(27)29-19(12(2)5-8-17(25)24-28)15-9-13(21)10-16(22)18(15)26/h3-10,12,19,26,28H,1-2H3,(H,23,27)(H,24,25)/b8-5+/t12-,19+/m1/s1. The Balaban J connectivity index is 2.31. The van der Waals surface area contributed by atoms with Crippen molar-refractivity contribution in [3.8, 4) is 5.75 Å². The van der Waals surface area contributed by atoms with Crippen molar-refractivity contribution >= 4 is 49.5 Å². The molecule has 2 atom stereocenters. The molecule has 0 aliphatic heterocycles. The Morgan fingerprint density at radius 2 is 1.83 bits per heavy atom. The molecule has 9 heteroatoms. The fraction of sp³-hybridized carbons (Fsp3) is 0.200. The van der Waals surface area contributed by atoms with Gasteiger partial charge in [-0.05, 0) is 47.1 Å². The molecule has 0 spiro atoms. The van der Waals surface area contributed by atoms with Crippen molar-refractivity contribution in [3.63, 3.8) is 0 Å². The van der Waals surface area contributed by atoms with E-state index in [-0.39, 0.29) is 5.75 Å². The minimum atomic E-state index is -0.919. The van der Waals surface area contributed by atoms with E-state index in [1.165, 1.54) is 11.6 Å². The lowest BCUT2D eigenvalue weighted by Gasteiger charge is -2.24. The predicted octanol–water partition coefficient (Wildman–Crippen LogP) is 5.21. The zero-order valence-corrected chi connectivity index (χ0v) is 18.8. The number of ether oxygens (including phenoxy) is 1. The molecule has 7 nitrogen and oxygen atoms in total. The summed E-state index contributed by atoms with van der Waals surface area (Å²) in [6, 6.07) is 10.5. The van der Waals surface area contributed by atoms with Crippen LogP contribution in [0, 0.1) is 12.8 Å². The van der Waals surface area contributed by atoms with Crippen LogP contribution in [0.4, 0.5) is 10.5 Å². The van der Waals surface area contributed by atoms with Gasteiger partial charge in [-0.15, -0.1) is 0 Å². The minimum absolute atomic E-state index is 0.0896. The van der Waals surface area contributed by atoms with Crippen LogP contribution >= 0.6 is 31.9 Å². The van der Waals surface area contributed by atoms with E-state index in [1.807, 2.05) is 19.1 Å². The number of benzene rings is 2. The Kier molecular flexibility index (Phi) is 8.24. The molecule has 0 saturated carbocycles. The first kappa shape index (κ1) is 22.9. The average molecular weight is 528 g/mol. The summed E-state index contributed by atoms with van der Waals surface area (Å²) in [4.78, 5) is 23.8. The van der Waals surface area contributed by atoms with Gasteiger partial charge in [0.1, 0.15) is 11.9 Å². The Bertz CT molecular complexity index is 916. The van der Waals surface area contributed by atoms with Gasteiger partial charge in [0.05, 0.1) is 4.47 Å². The largest absolute Gasteiger partial charge is 0.506 e. The molecule has 0 bridgehead atoms. The van der Waals surface area contributed by atoms with Crippen LogP contribution in [-0.4, -0.2) is 22.3 Å². The molecule has 0 saturated heterocycles. The molecule has 0 radical (unpaired) electrons. The van der Waals surface area contributed by atoms with Crippen molar-refractivity contribution in [3.05, 3.63) is 68.6 Å². The number of aromatic hydroxyl groups is 1. The zero-order chi connectivity index (χ0) is 21.6. The Hall–Kier alpha value is -2.36. The van der Waals surface area contributed by atoms with Gasteiger partial charge in [-0.1, -0.05) is 46.6 Å². The van der Waals surface area contributed by atoms with E-state index < -0.39 is 24.0 Å². The molecule has 2 rings (SSSR count). The number of carbonyl (C=O) groups excluding carboxylic acids is 2. The molecule has 0 fully saturated rings. The van der Waals surface area contributed by atoms with Gasteiger partial charge < -0.3 is 9.84 Å². The van der Waals surface area contributed by atoms with Gasteiger partial charge in [0.15, 0.2) is 0 Å². The Labute approximate surface area is 185 Å². The number of phenols is 1. The smallest absolute Gasteiger partial charge is 0.412 e. The first-order valence-electron chi connectivity index (χ1n) is 8.55. The van der Waals surface area contributed by atoms with Crippen molar-refractivity contribution in [1.29, 1.82) is 0 Å². The van der Waals surface area contributed by atoms with Crippen LogP contribution in [0.15, 0.2) is 57.5 Å². The number of amides is 2. The average Bonchev–Trinajstić information content (AvgIpc) is 2.68. The molecule has 2 amide bonds. The van der Waals surface area contributed by atoms with Gasteiger partial charge in [0.2, 0.25) is 0 Å². The number of aryl methyl sites for hydroxylation is 1. The monoisotopic (exact) mass is 526 g/mol. The summed E-state index contributed by atoms with van der Waals surface area (Å²) in [5.74, 6) is -1.32. The molecule has 2 aromatic carbocycles. The summed E-state index contributed by atoms with van der Waals surface area (Å²) < 4.78 is 6.67. The number of hydroxylamine groups is 1. The molecule has 29 heavy (non-hydrogen) atoms. The van der Waals surface area contributed by atoms with Crippen LogP contribution in [0.3, 0.4) is 0 Å². The first-order valence-corrected chi connectivity index (χ1v) is 10.1. The number of carbonyl (C=O) groups is 2. The second-order valence-electron chi connectivity index (χ2n) is 6.34. The third-order valence-electron chi connectivity index (χ3n) is 4.04.